The molecule has 2 N–H and O–H groups in total. The predicted octanol–water partition coefficient (Wildman–Crippen LogP) is 2.06. The van der Waals surface area contributed by atoms with Crippen molar-refractivity contribution in [1.82, 2.24) is 4.90 Å². The number of nitrogens with zero attached hydrogens (tertiary/aromatic N) is 1. The Labute approximate surface area is 119 Å². The third kappa shape index (κ3) is 5.14. The number of aliphatic hydroxyl groups is 1. The fourth-order valence-electron chi connectivity index (χ4n) is 1.45. The van der Waals surface area contributed by atoms with Gasteiger partial charge in [-0.2, -0.15) is 0 Å². The van der Waals surface area contributed by atoms with Crippen LogP contribution in [0.2, 0.25) is 0 Å². The molecule has 106 valence electrons. The van der Waals surface area contributed by atoms with Crippen LogP contribution in [0.25, 0.3) is 0 Å². The number of urea groups is 1. The highest BCUT2D eigenvalue weighted by atomic mass is 79.9. The molecule has 2 amide bonds. The van der Waals surface area contributed by atoms with Gasteiger partial charge in [0.1, 0.15) is 5.82 Å². The van der Waals surface area contributed by atoms with Crippen molar-refractivity contribution in [3.05, 3.63) is 28.5 Å². The fourth-order valence-corrected chi connectivity index (χ4v) is 1.78. The molecule has 0 saturated heterocycles. The number of carbonyl (C=O) groups is 1. The van der Waals surface area contributed by atoms with Gasteiger partial charge >= 0.3 is 6.03 Å². The first-order chi connectivity index (χ1) is 8.93. The molecule has 19 heavy (non-hydrogen) atoms. The molecule has 0 saturated carbocycles. The first-order valence-electron chi connectivity index (χ1n) is 5.58. The molecule has 0 bridgehead atoms. The summed E-state index contributed by atoms with van der Waals surface area (Å²) in [6, 6.07) is 3.83. The second-order valence-electron chi connectivity index (χ2n) is 4.04. The van der Waals surface area contributed by atoms with Gasteiger partial charge in [-0.1, -0.05) is 15.9 Å². The number of nitrogens with one attached hydrogen (secondary N) is 1. The van der Waals surface area contributed by atoms with Crippen molar-refractivity contribution < 1.29 is 19.0 Å². The molecule has 7 heteroatoms. The summed E-state index contributed by atoms with van der Waals surface area (Å²) in [4.78, 5) is 13.0. The van der Waals surface area contributed by atoms with E-state index in [1.807, 2.05) is 0 Å². The number of rotatable bonds is 5. The van der Waals surface area contributed by atoms with E-state index in [1.54, 1.807) is 6.07 Å². The van der Waals surface area contributed by atoms with Gasteiger partial charge in [-0.15, -0.1) is 0 Å². The quantitative estimate of drug-likeness (QED) is 0.866. The summed E-state index contributed by atoms with van der Waals surface area (Å²) in [6.07, 6.45) is -0.782. The minimum atomic E-state index is -0.782. The Morgan fingerprint density at radius 2 is 2.32 bits per heavy atom. The Bertz CT molecular complexity index is 445. The van der Waals surface area contributed by atoms with E-state index < -0.39 is 18.0 Å². The van der Waals surface area contributed by atoms with Gasteiger partial charge in [0.25, 0.3) is 0 Å². The maximum atomic E-state index is 13.5. The molecule has 0 aliphatic rings. The average Bonchev–Trinajstić information content (AvgIpc) is 2.32. The molecule has 0 spiro atoms. The highest BCUT2D eigenvalue weighted by Gasteiger charge is 2.15. The highest BCUT2D eigenvalue weighted by Crippen LogP contribution is 2.19. The number of aliphatic hydroxyl groups excluding tert-OH is 1. The SMILES string of the molecule is COCC(O)CN(C)C(=O)Nc1ccc(Br)cc1F. The predicted molar refractivity (Wildman–Crippen MR) is 73.6 cm³/mol. The van der Waals surface area contributed by atoms with Crippen LogP contribution in [0.5, 0.6) is 0 Å². The Hall–Kier alpha value is -1.18. The summed E-state index contributed by atoms with van der Waals surface area (Å²) in [5.74, 6) is -0.534. The number of carbonyl (C=O) groups excluding carboxylic acids is 1. The molecule has 1 aromatic rings. The first-order valence-corrected chi connectivity index (χ1v) is 6.37. The zero-order valence-corrected chi connectivity index (χ0v) is 12.3. The summed E-state index contributed by atoms with van der Waals surface area (Å²) in [5, 5.41) is 11.9. The van der Waals surface area contributed by atoms with Crippen LogP contribution in [0.3, 0.4) is 0 Å². The summed E-state index contributed by atoms with van der Waals surface area (Å²) < 4.78 is 18.9. The number of halogens is 2. The van der Waals surface area contributed by atoms with Gasteiger partial charge in [0.15, 0.2) is 0 Å². The van der Waals surface area contributed by atoms with Crippen LogP contribution in [0.4, 0.5) is 14.9 Å². The summed E-state index contributed by atoms with van der Waals surface area (Å²) in [6.45, 7) is 0.224. The Balaban J connectivity index is 2.58. The minimum absolute atomic E-state index is 0.0845. The number of anilines is 1. The van der Waals surface area contributed by atoms with Crippen molar-refractivity contribution in [3.8, 4) is 0 Å². The van der Waals surface area contributed by atoms with Gasteiger partial charge in [-0.25, -0.2) is 9.18 Å². The lowest BCUT2D eigenvalue weighted by molar-refractivity contribution is 0.0501. The van der Waals surface area contributed by atoms with Gasteiger partial charge in [0.05, 0.1) is 24.9 Å². The number of hydrogen-bond donors (Lipinski definition) is 2. The first kappa shape index (κ1) is 15.9. The lowest BCUT2D eigenvalue weighted by atomic mass is 10.3. The minimum Gasteiger partial charge on any atom is -0.389 e. The maximum Gasteiger partial charge on any atom is 0.321 e. The van der Waals surface area contributed by atoms with Gasteiger partial charge in [-0.05, 0) is 18.2 Å². The van der Waals surface area contributed by atoms with Gasteiger partial charge < -0.3 is 20.1 Å². The van der Waals surface area contributed by atoms with Gasteiger partial charge in [-0.3, -0.25) is 0 Å². The van der Waals surface area contributed by atoms with E-state index in [0.717, 1.165) is 0 Å². The second-order valence-corrected chi connectivity index (χ2v) is 4.96. The third-order valence-corrected chi connectivity index (χ3v) is 2.86. The third-order valence-electron chi connectivity index (χ3n) is 2.36. The lowest BCUT2D eigenvalue weighted by Gasteiger charge is -2.21. The molecule has 1 unspecified atom stereocenters. The van der Waals surface area contributed by atoms with Crippen molar-refractivity contribution in [2.75, 3.05) is 32.6 Å². The molecule has 5 nitrogen and oxygen atoms in total. The van der Waals surface area contributed by atoms with Crippen LogP contribution >= 0.6 is 15.9 Å². The molecular formula is C12H16BrFN2O3. The van der Waals surface area contributed by atoms with Crippen molar-refractivity contribution in [1.29, 1.82) is 0 Å². The normalized spacial score (nSPS) is 12.1. The fraction of sp³-hybridized carbons (Fsp3) is 0.417. The van der Waals surface area contributed by atoms with E-state index in [9.17, 15) is 14.3 Å². The molecule has 0 heterocycles. The summed E-state index contributed by atoms with van der Waals surface area (Å²) in [7, 11) is 2.96. The van der Waals surface area contributed by atoms with E-state index in [2.05, 4.69) is 21.2 Å². The van der Waals surface area contributed by atoms with E-state index in [0.29, 0.717) is 4.47 Å². The molecule has 0 aliphatic carbocycles. The maximum absolute atomic E-state index is 13.5. The Morgan fingerprint density at radius 3 is 2.89 bits per heavy atom. The van der Waals surface area contributed by atoms with Crippen molar-refractivity contribution >= 4 is 27.6 Å². The van der Waals surface area contributed by atoms with Crippen molar-refractivity contribution in [2.45, 2.75) is 6.10 Å². The average molecular weight is 335 g/mol. The van der Waals surface area contributed by atoms with Crippen molar-refractivity contribution in [3.63, 3.8) is 0 Å². The lowest BCUT2D eigenvalue weighted by Crippen LogP contribution is -2.38. The summed E-state index contributed by atoms with van der Waals surface area (Å²) >= 11 is 3.13. The topological polar surface area (TPSA) is 61.8 Å². The molecule has 0 fully saturated rings. The van der Waals surface area contributed by atoms with Crippen LogP contribution < -0.4 is 5.32 Å². The molecule has 0 radical (unpaired) electrons. The van der Waals surface area contributed by atoms with Gasteiger partial charge in [0.2, 0.25) is 0 Å². The standard InChI is InChI=1S/C12H16BrFN2O3/c1-16(6-9(17)7-19-2)12(18)15-11-4-3-8(13)5-10(11)14/h3-5,9,17H,6-7H2,1-2H3,(H,15,18). The van der Waals surface area contributed by atoms with Crippen LogP contribution in [-0.4, -0.2) is 49.5 Å². The second kappa shape index (κ2) is 7.42. The smallest absolute Gasteiger partial charge is 0.321 e. The number of likely N-dealkylation sites (N-methyl/N-ethyl adjacent to an activating group) is 1. The Kier molecular flexibility index (Phi) is 6.20. The highest BCUT2D eigenvalue weighted by molar-refractivity contribution is 9.10. The van der Waals surface area contributed by atoms with Crippen LogP contribution in [0.15, 0.2) is 22.7 Å². The van der Waals surface area contributed by atoms with Crippen LogP contribution in [0, 0.1) is 5.82 Å². The van der Waals surface area contributed by atoms with E-state index >= 15 is 0 Å². The number of amides is 2. The molecular weight excluding hydrogens is 319 g/mol. The van der Waals surface area contributed by atoms with E-state index in [1.165, 1.54) is 31.2 Å². The number of hydrogen-bond acceptors (Lipinski definition) is 3. The van der Waals surface area contributed by atoms with Crippen LogP contribution in [-0.2, 0) is 4.74 Å². The van der Waals surface area contributed by atoms with Crippen LogP contribution in [0.1, 0.15) is 0 Å². The number of ether oxygens (including phenoxy) is 1. The van der Waals surface area contributed by atoms with E-state index in [-0.39, 0.29) is 18.8 Å². The Morgan fingerprint density at radius 1 is 1.63 bits per heavy atom. The van der Waals surface area contributed by atoms with Gasteiger partial charge in [0, 0.05) is 18.6 Å². The molecule has 0 aliphatic heterocycles. The summed E-state index contributed by atoms with van der Waals surface area (Å²) in [5.41, 5.74) is 0.0845. The van der Waals surface area contributed by atoms with E-state index in [4.69, 9.17) is 4.74 Å². The molecule has 1 aromatic carbocycles. The zero-order valence-electron chi connectivity index (χ0n) is 10.7. The number of methoxy groups -OCH3 is 1. The zero-order chi connectivity index (χ0) is 14.4. The number of benzene rings is 1. The monoisotopic (exact) mass is 334 g/mol. The molecule has 1 atom stereocenters. The molecule has 0 aromatic heterocycles. The van der Waals surface area contributed by atoms with Crippen molar-refractivity contribution in [2.24, 2.45) is 0 Å². The molecule has 1 rings (SSSR count). The largest absolute Gasteiger partial charge is 0.389 e.